The average molecular weight is 788 g/mol. The second-order valence-electron chi connectivity index (χ2n) is 22.7. The van der Waals surface area contributed by atoms with Crippen molar-refractivity contribution >= 4 is 34.1 Å². The molecule has 0 saturated carbocycles. The fraction of sp³-hybridized carbons (Fsp3) is 0.474. The lowest BCUT2D eigenvalue weighted by atomic mass is 9.63. The van der Waals surface area contributed by atoms with Gasteiger partial charge in [-0.1, -0.05) is 113 Å². The van der Waals surface area contributed by atoms with Crippen molar-refractivity contribution in [2.24, 2.45) is 0 Å². The van der Waals surface area contributed by atoms with E-state index in [1.54, 1.807) is 0 Å². The Hall–Kier alpha value is -4.30. The summed E-state index contributed by atoms with van der Waals surface area (Å²) in [4.78, 5) is 4.68. The van der Waals surface area contributed by atoms with Crippen LogP contribution >= 0.6 is 0 Å². The smallest absolute Gasteiger partial charge is 0.0493 e. The van der Waals surface area contributed by atoms with Crippen LogP contribution in [-0.2, 0) is 32.5 Å². The van der Waals surface area contributed by atoms with Gasteiger partial charge in [-0.2, -0.15) is 0 Å². The average Bonchev–Trinajstić information content (AvgIpc) is 3.18. The maximum atomic E-state index is 9.00. The molecule has 59 heavy (non-hydrogen) atoms. The molecule has 0 atom stereocenters. The maximum absolute atomic E-state index is 9.00. The second kappa shape index (κ2) is 13.9. The van der Waals surface area contributed by atoms with Gasteiger partial charge in [-0.3, -0.25) is 0 Å². The molecule has 0 spiro atoms. The van der Waals surface area contributed by atoms with Gasteiger partial charge >= 0.3 is 0 Å². The predicted octanol–water partition coefficient (Wildman–Crippen LogP) is 16.6. The van der Waals surface area contributed by atoms with Crippen molar-refractivity contribution in [1.82, 2.24) is 0 Å². The monoisotopic (exact) mass is 788 g/mol. The van der Waals surface area contributed by atoms with Crippen molar-refractivity contribution in [2.75, 3.05) is 9.80 Å². The number of anilines is 6. The zero-order valence-electron chi connectivity index (χ0n) is 41.8. The van der Waals surface area contributed by atoms with Crippen LogP contribution in [0.3, 0.4) is 0 Å². The first-order valence-electron chi connectivity index (χ1n) is 23.9. The SMILES string of the molecule is [2H]C([2H])([2H])c1cc(N(c2ccc3c(c2)C(C)(C)CCC3(C)C)c2ccc3c(c2)C(C)(C)CCC3(C)C)cc(N(c2cccc(C)c2)c2cc3c(cc2C)C(C)(C)CCC3(C)C)c1. The number of hydrogen-bond donors (Lipinski definition) is 0. The van der Waals surface area contributed by atoms with Crippen molar-refractivity contribution in [1.29, 1.82) is 0 Å². The van der Waals surface area contributed by atoms with Gasteiger partial charge < -0.3 is 9.80 Å². The molecule has 0 N–H and O–H groups in total. The van der Waals surface area contributed by atoms with Crippen molar-refractivity contribution in [3.63, 3.8) is 0 Å². The van der Waals surface area contributed by atoms with Gasteiger partial charge in [0, 0.05) is 38.2 Å². The van der Waals surface area contributed by atoms with Gasteiger partial charge in [0.25, 0.3) is 0 Å². The normalized spacial score (nSPS) is 21.2. The summed E-state index contributed by atoms with van der Waals surface area (Å²) in [5, 5.41) is 0. The molecule has 310 valence electrons. The molecular formula is C57H72N2. The van der Waals surface area contributed by atoms with Crippen LogP contribution in [0, 0.1) is 20.7 Å². The van der Waals surface area contributed by atoms with Crippen LogP contribution in [-0.4, -0.2) is 0 Å². The van der Waals surface area contributed by atoms with E-state index in [9.17, 15) is 0 Å². The number of hydrogen-bond acceptors (Lipinski definition) is 2. The summed E-state index contributed by atoms with van der Waals surface area (Å²) in [6, 6.07) is 33.7. The highest BCUT2D eigenvalue weighted by Gasteiger charge is 2.41. The van der Waals surface area contributed by atoms with Crippen molar-refractivity contribution in [3.05, 3.63) is 141 Å². The first kappa shape index (κ1) is 37.7. The molecule has 0 amide bonds. The Labute approximate surface area is 362 Å². The maximum Gasteiger partial charge on any atom is 0.0493 e. The van der Waals surface area contributed by atoms with E-state index >= 15 is 0 Å². The molecule has 0 radical (unpaired) electrons. The van der Waals surface area contributed by atoms with E-state index in [1.807, 2.05) is 12.1 Å². The van der Waals surface area contributed by atoms with Crippen molar-refractivity contribution < 1.29 is 4.11 Å². The lowest BCUT2D eigenvalue weighted by Crippen LogP contribution is -2.34. The first-order chi connectivity index (χ1) is 28.6. The fourth-order valence-electron chi connectivity index (χ4n) is 10.9. The molecule has 5 aromatic carbocycles. The van der Waals surface area contributed by atoms with Crippen molar-refractivity contribution in [2.45, 2.75) is 175 Å². The van der Waals surface area contributed by atoms with E-state index in [0.29, 0.717) is 5.56 Å². The zero-order valence-corrected chi connectivity index (χ0v) is 38.8. The van der Waals surface area contributed by atoms with E-state index in [4.69, 9.17) is 4.11 Å². The largest absolute Gasteiger partial charge is 0.310 e. The van der Waals surface area contributed by atoms with Crippen LogP contribution in [0.25, 0.3) is 0 Å². The predicted molar refractivity (Wildman–Crippen MR) is 256 cm³/mol. The minimum absolute atomic E-state index is 0.00232. The van der Waals surface area contributed by atoms with Gasteiger partial charge in [0.05, 0.1) is 0 Å². The van der Waals surface area contributed by atoms with Crippen LogP contribution in [0.2, 0.25) is 0 Å². The molecule has 3 aliphatic carbocycles. The standard InChI is InChI=1S/C57H72N2/c1-37-17-16-18-40(29-37)59(51-36-50-47(32-39(51)3)54(8,9)27-28-57(50,14)15)44-31-38(2)30-43(33-44)58(41-19-21-45-48(34-41)55(10,11)25-23-52(45,4)5)42-20-22-46-49(35-42)56(12,13)26-24-53(46,6)7/h16-22,29-36H,23-28H2,1-15H3/i2D3. The molecule has 2 nitrogen and oxygen atoms in total. The molecule has 0 heterocycles. The third kappa shape index (κ3) is 7.25. The van der Waals surface area contributed by atoms with Crippen LogP contribution in [0.4, 0.5) is 34.1 Å². The van der Waals surface area contributed by atoms with E-state index in [-0.39, 0.29) is 32.5 Å². The van der Waals surface area contributed by atoms with Gasteiger partial charge in [-0.25, -0.2) is 0 Å². The topological polar surface area (TPSA) is 6.48 Å². The summed E-state index contributed by atoms with van der Waals surface area (Å²) in [5.41, 5.74) is 17.0. The number of rotatable bonds is 6. The molecule has 0 saturated heterocycles. The lowest BCUT2D eigenvalue weighted by Gasteiger charge is -2.43. The molecule has 8 rings (SSSR count). The van der Waals surface area contributed by atoms with Gasteiger partial charge in [0.15, 0.2) is 0 Å². The molecule has 0 fully saturated rings. The summed E-state index contributed by atoms with van der Waals surface area (Å²) in [5.74, 6) is 0. The lowest BCUT2D eigenvalue weighted by molar-refractivity contribution is 0.332. The Morgan fingerprint density at radius 1 is 0.373 bits per heavy atom. The third-order valence-corrected chi connectivity index (χ3v) is 15.3. The van der Waals surface area contributed by atoms with E-state index in [0.717, 1.165) is 78.2 Å². The number of aryl methyl sites for hydroxylation is 3. The second-order valence-corrected chi connectivity index (χ2v) is 22.7. The molecule has 0 aromatic heterocycles. The molecule has 0 bridgehead atoms. The van der Waals surface area contributed by atoms with Crippen molar-refractivity contribution in [3.8, 4) is 0 Å². The first-order valence-corrected chi connectivity index (χ1v) is 22.4. The molecule has 0 unspecified atom stereocenters. The molecular weight excluding hydrogens is 713 g/mol. The summed E-state index contributed by atoms with van der Waals surface area (Å²) in [6.45, 7) is 30.6. The molecule has 2 heteroatoms. The Balaban J connectivity index is 1.44. The van der Waals surface area contributed by atoms with E-state index in [2.05, 4.69) is 186 Å². The quantitative estimate of drug-likeness (QED) is 0.169. The summed E-state index contributed by atoms with van der Waals surface area (Å²) in [6.07, 6.45) is 6.75. The fourth-order valence-corrected chi connectivity index (χ4v) is 10.9. The number of nitrogens with zero attached hydrogens (tertiary/aromatic N) is 2. The molecule has 0 aliphatic heterocycles. The number of benzene rings is 5. The van der Waals surface area contributed by atoms with Crippen LogP contribution in [0.1, 0.15) is 176 Å². The highest BCUT2D eigenvalue weighted by Crippen LogP contribution is 2.53. The highest BCUT2D eigenvalue weighted by molar-refractivity contribution is 5.86. The Morgan fingerprint density at radius 3 is 1.22 bits per heavy atom. The molecule has 5 aromatic rings. The minimum atomic E-state index is -2.35. The van der Waals surface area contributed by atoms with Crippen LogP contribution in [0.5, 0.6) is 0 Å². The minimum Gasteiger partial charge on any atom is -0.310 e. The van der Waals surface area contributed by atoms with Gasteiger partial charge in [-0.05, 0) is 202 Å². The Bertz CT molecular complexity index is 2480. The number of fused-ring (bicyclic) bond motifs is 3. The van der Waals surface area contributed by atoms with E-state index < -0.39 is 6.85 Å². The van der Waals surface area contributed by atoms with E-state index in [1.165, 1.54) is 38.9 Å². The van der Waals surface area contributed by atoms with Crippen LogP contribution in [0.15, 0.2) is 91.0 Å². The highest BCUT2D eigenvalue weighted by atomic mass is 15.2. The Kier molecular flexibility index (Phi) is 8.86. The van der Waals surface area contributed by atoms with Gasteiger partial charge in [-0.15, -0.1) is 0 Å². The summed E-state index contributed by atoms with van der Waals surface area (Å²) in [7, 11) is 0. The summed E-state index contributed by atoms with van der Waals surface area (Å²) >= 11 is 0. The van der Waals surface area contributed by atoms with Crippen LogP contribution < -0.4 is 9.80 Å². The van der Waals surface area contributed by atoms with Gasteiger partial charge in [0.2, 0.25) is 0 Å². The third-order valence-electron chi connectivity index (χ3n) is 15.3. The van der Waals surface area contributed by atoms with Gasteiger partial charge in [0.1, 0.15) is 0 Å². The zero-order chi connectivity index (χ0) is 45.2. The molecule has 3 aliphatic rings. The summed E-state index contributed by atoms with van der Waals surface area (Å²) < 4.78 is 27.0. The Morgan fingerprint density at radius 2 is 0.763 bits per heavy atom.